The fourth-order valence-electron chi connectivity index (χ4n) is 3.58. The summed E-state index contributed by atoms with van der Waals surface area (Å²) in [5, 5.41) is 3.16. The van der Waals surface area contributed by atoms with E-state index in [1.54, 1.807) is 12.3 Å². The number of hydrogen-bond donors (Lipinski definition) is 1. The van der Waals surface area contributed by atoms with E-state index in [0.717, 1.165) is 5.76 Å². The molecule has 1 saturated heterocycles. The van der Waals surface area contributed by atoms with Gasteiger partial charge in [-0.2, -0.15) is 4.31 Å². The molecule has 1 aliphatic heterocycles. The molecule has 0 bridgehead atoms. The minimum absolute atomic E-state index is 0.0771. The fourth-order valence-corrected chi connectivity index (χ4v) is 6.14. The van der Waals surface area contributed by atoms with Gasteiger partial charge in [-0.1, -0.05) is 29.3 Å². The molecule has 1 fully saturated rings. The van der Waals surface area contributed by atoms with E-state index < -0.39 is 10.0 Å². The van der Waals surface area contributed by atoms with Gasteiger partial charge in [0.25, 0.3) is 0 Å². The third-order valence-corrected chi connectivity index (χ3v) is 8.16. The lowest BCUT2D eigenvalue weighted by atomic mass is 9.97. The van der Waals surface area contributed by atoms with Gasteiger partial charge in [-0.25, -0.2) is 8.42 Å². The van der Waals surface area contributed by atoms with Gasteiger partial charge < -0.3 is 9.73 Å². The standard InChI is InChI=1S/C20H25Cl2N3O4S/c1-24(2)17(18-7-4-12-29-18)13-23-20(26)14-8-10-25(11-9-14)30(27,28)19-15(21)5-3-6-16(19)22/h3-7,12,14,17H,8-11,13H2,1-2H3,(H,23,26). The Morgan fingerprint density at radius 1 is 1.20 bits per heavy atom. The van der Waals surface area contributed by atoms with E-state index in [2.05, 4.69) is 5.32 Å². The lowest BCUT2D eigenvalue weighted by Gasteiger charge is -2.31. The molecule has 1 amide bonds. The Labute approximate surface area is 187 Å². The summed E-state index contributed by atoms with van der Waals surface area (Å²) in [6, 6.07) is 8.22. The van der Waals surface area contributed by atoms with Crippen LogP contribution in [0.2, 0.25) is 10.0 Å². The molecule has 164 valence electrons. The van der Waals surface area contributed by atoms with Crippen LogP contribution in [0.5, 0.6) is 0 Å². The topological polar surface area (TPSA) is 82.9 Å². The highest BCUT2D eigenvalue weighted by Crippen LogP contribution is 2.33. The Morgan fingerprint density at radius 2 is 1.83 bits per heavy atom. The van der Waals surface area contributed by atoms with Crippen molar-refractivity contribution < 1.29 is 17.6 Å². The largest absolute Gasteiger partial charge is 0.468 e. The number of benzene rings is 1. The van der Waals surface area contributed by atoms with Crippen LogP contribution >= 0.6 is 23.2 Å². The maximum absolute atomic E-state index is 13.0. The van der Waals surface area contributed by atoms with Gasteiger partial charge >= 0.3 is 0 Å². The number of sulfonamides is 1. The Hall–Kier alpha value is -1.58. The molecule has 10 heteroatoms. The van der Waals surface area contributed by atoms with Gasteiger partial charge in [0.15, 0.2) is 0 Å². The fraction of sp³-hybridized carbons (Fsp3) is 0.450. The molecule has 7 nitrogen and oxygen atoms in total. The Bertz CT molecular complexity index is 952. The number of rotatable bonds is 7. The van der Waals surface area contributed by atoms with Gasteiger partial charge in [0.1, 0.15) is 10.7 Å². The van der Waals surface area contributed by atoms with Crippen LogP contribution in [-0.2, 0) is 14.8 Å². The number of amides is 1. The average molecular weight is 474 g/mol. The third kappa shape index (κ3) is 5.00. The maximum atomic E-state index is 13.0. The van der Waals surface area contributed by atoms with E-state index >= 15 is 0 Å². The van der Waals surface area contributed by atoms with Crippen molar-refractivity contribution in [1.29, 1.82) is 0 Å². The van der Waals surface area contributed by atoms with Crippen LogP contribution in [0.15, 0.2) is 45.9 Å². The molecular formula is C20H25Cl2N3O4S. The van der Waals surface area contributed by atoms with Crippen molar-refractivity contribution in [2.45, 2.75) is 23.8 Å². The van der Waals surface area contributed by atoms with Crippen molar-refractivity contribution in [3.63, 3.8) is 0 Å². The summed E-state index contributed by atoms with van der Waals surface area (Å²) in [6.07, 6.45) is 2.47. The number of halogens is 2. The molecule has 2 heterocycles. The smallest absolute Gasteiger partial charge is 0.246 e. The van der Waals surface area contributed by atoms with Crippen LogP contribution < -0.4 is 5.32 Å². The van der Waals surface area contributed by atoms with Gasteiger partial charge in [-0.05, 0) is 51.2 Å². The van der Waals surface area contributed by atoms with Crippen LogP contribution in [0.4, 0.5) is 0 Å². The van der Waals surface area contributed by atoms with Gasteiger partial charge in [0, 0.05) is 25.6 Å². The Morgan fingerprint density at radius 3 is 2.37 bits per heavy atom. The van der Waals surface area contributed by atoms with Gasteiger partial charge in [-0.15, -0.1) is 0 Å². The highest BCUT2D eigenvalue weighted by molar-refractivity contribution is 7.89. The molecule has 1 aromatic heterocycles. The van der Waals surface area contributed by atoms with E-state index in [1.165, 1.54) is 16.4 Å². The van der Waals surface area contributed by atoms with Crippen molar-refractivity contribution in [2.24, 2.45) is 5.92 Å². The first-order chi connectivity index (χ1) is 14.2. The normalized spacial score (nSPS) is 17.2. The summed E-state index contributed by atoms with van der Waals surface area (Å²) in [4.78, 5) is 14.6. The van der Waals surface area contributed by atoms with Gasteiger partial charge in [0.05, 0.1) is 22.4 Å². The molecule has 0 aliphatic carbocycles. The average Bonchev–Trinajstić information content (AvgIpc) is 3.22. The van der Waals surface area contributed by atoms with Crippen LogP contribution in [0.3, 0.4) is 0 Å². The van der Waals surface area contributed by atoms with E-state index in [1.807, 2.05) is 31.1 Å². The van der Waals surface area contributed by atoms with Crippen molar-refractivity contribution in [1.82, 2.24) is 14.5 Å². The lowest BCUT2D eigenvalue weighted by molar-refractivity contribution is -0.126. The molecule has 0 spiro atoms. The Kier molecular flexibility index (Phi) is 7.47. The Balaban J connectivity index is 1.59. The zero-order valence-electron chi connectivity index (χ0n) is 16.8. The zero-order valence-corrected chi connectivity index (χ0v) is 19.2. The van der Waals surface area contributed by atoms with Crippen molar-refractivity contribution in [3.8, 4) is 0 Å². The number of nitrogens with one attached hydrogen (secondary N) is 1. The lowest BCUT2D eigenvalue weighted by Crippen LogP contribution is -2.44. The summed E-state index contributed by atoms with van der Waals surface area (Å²) < 4.78 is 32.7. The minimum Gasteiger partial charge on any atom is -0.468 e. The van der Waals surface area contributed by atoms with E-state index in [4.69, 9.17) is 27.6 Å². The van der Waals surface area contributed by atoms with Crippen molar-refractivity contribution in [2.75, 3.05) is 33.7 Å². The van der Waals surface area contributed by atoms with Crippen molar-refractivity contribution in [3.05, 3.63) is 52.4 Å². The number of likely N-dealkylation sites (N-methyl/N-ethyl adjacent to an activating group) is 1. The summed E-state index contributed by atoms with van der Waals surface area (Å²) in [6.45, 7) is 0.877. The highest BCUT2D eigenvalue weighted by atomic mass is 35.5. The van der Waals surface area contributed by atoms with Crippen LogP contribution in [-0.4, -0.2) is 57.3 Å². The second-order valence-corrected chi connectivity index (χ2v) is 10.2. The number of nitrogens with zero attached hydrogens (tertiary/aromatic N) is 2. The van der Waals surface area contributed by atoms with E-state index in [9.17, 15) is 13.2 Å². The number of carbonyl (C=O) groups excluding carboxylic acids is 1. The second-order valence-electron chi connectivity index (χ2n) is 7.47. The summed E-state index contributed by atoms with van der Waals surface area (Å²) in [5.41, 5.74) is 0. The molecule has 1 N–H and O–H groups in total. The van der Waals surface area contributed by atoms with E-state index in [0.29, 0.717) is 19.4 Å². The van der Waals surface area contributed by atoms with Gasteiger partial charge in [0.2, 0.25) is 15.9 Å². The third-order valence-electron chi connectivity index (χ3n) is 5.31. The molecule has 1 unspecified atom stereocenters. The predicted molar refractivity (Wildman–Crippen MR) is 116 cm³/mol. The molecule has 0 saturated carbocycles. The first kappa shape index (κ1) is 23.1. The quantitative estimate of drug-likeness (QED) is 0.665. The van der Waals surface area contributed by atoms with Crippen molar-refractivity contribution >= 4 is 39.1 Å². The molecule has 0 radical (unpaired) electrons. The first-order valence-corrected chi connectivity index (χ1v) is 11.8. The number of hydrogen-bond acceptors (Lipinski definition) is 5. The summed E-state index contributed by atoms with van der Waals surface area (Å²) in [5.74, 6) is 0.441. The van der Waals surface area contributed by atoms with Crippen LogP contribution in [0.25, 0.3) is 0 Å². The highest BCUT2D eigenvalue weighted by Gasteiger charge is 2.34. The monoisotopic (exact) mass is 473 g/mol. The number of carbonyl (C=O) groups is 1. The minimum atomic E-state index is -3.82. The molecule has 1 aliphatic rings. The first-order valence-electron chi connectivity index (χ1n) is 9.63. The molecule has 1 atom stereocenters. The van der Waals surface area contributed by atoms with Crippen LogP contribution in [0.1, 0.15) is 24.6 Å². The van der Waals surface area contributed by atoms with E-state index in [-0.39, 0.29) is 45.9 Å². The van der Waals surface area contributed by atoms with Crippen LogP contribution in [0, 0.1) is 5.92 Å². The SMILES string of the molecule is CN(C)C(CNC(=O)C1CCN(S(=O)(=O)c2c(Cl)cccc2Cl)CC1)c1ccco1. The summed E-state index contributed by atoms with van der Waals surface area (Å²) >= 11 is 12.2. The molecule has 30 heavy (non-hydrogen) atoms. The predicted octanol–water partition coefficient (Wildman–Crippen LogP) is 3.41. The molecular weight excluding hydrogens is 449 g/mol. The molecule has 2 aromatic rings. The maximum Gasteiger partial charge on any atom is 0.246 e. The number of furan rings is 1. The molecule has 1 aromatic carbocycles. The second kappa shape index (κ2) is 9.70. The zero-order chi connectivity index (χ0) is 21.9. The van der Waals surface area contributed by atoms with Gasteiger partial charge in [-0.3, -0.25) is 9.69 Å². The number of piperidine rings is 1. The summed E-state index contributed by atoms with van der Waals surface area (Å²) in [7, 11) is 0.0179. The molecule has 3 rings (SSSR count).